The molecule has 21 heavy (non-hydrogen) atoms. The number of Topliss-reactive ketones (excluding diaryl/α,β-unsaturated/α-hetero) is 1. The van der Waals surface area contributed by atoms with E-state index in [9.17, 15) is 4.79 Å². The van der Waals surface area contributed by atoms with Crippen molar-refractivity contribution in [3.63, 3.8) is 0 Å². The Labute approximate surface area is 128 Å². The normalized spacial score (nSPS) is 24.4. The number of ketones is 1. The Balaban J connectivity index is 2.55. The minimum atomic E-state index is 0.109. The number of hydrogen-bond acceptors (Lipinski definition) is 3. The van der Waals surface area contributed by atoms with Crippen LogP contribution in [-0.4, -0.2) is 5.78 Å². The van der Waals surface area contributed by atoms with Crippen molar-refractivity contribution in [3.8, 4) is 0 Å². The molecular formula is C18H28N2O. The number of rotatable bonds is 5. The molecule has 0 aliphatic heterocycles. The second-order valence-corrected chi connectivity index (χ2v) is 6.63. The molecule has 2 N–H and O–H groups in total. The molecule has 0 amide bonds. The average molecular weight is 288 g/mol. The van der Waals surface area contributed by atoms with E-state index in [1.807, 2.05) is 32.1 Å². The fraction of sp³-hybridized carbons (Fsp3) is 0.500. The highest BCUT2D eigenvalue weighted by molar-refractivity contribution is 5.96. The lowest BCUT2D eigenvalue weighted by Crippen LogP contribution is -2.33. The van der Waals surface area contributed by atoms with Crippen LogP contribution in [0.1, 0.15) is 47.5 Å². The smallest absolute Gasteiger partial charge is 0.161 e. The highest BCUT2D eigenvalue weighted by Crippen LogP contribution is 2.38. The molecule has 1 aliphatic rings. The molecular weight excluding hydrogens is 260 g/mol. The minimum Gasteiger partial charge on any atom is -0.308 e. The molecule has 1 fully saturated rings. The summed E-state index contributed by atoms with van der Waals surface area (Å²) in [5, 5.41) is 0. The van der Waals surface area contributed by atoms with E-state index in [0.717, 1.165) is 17.7 Å². The van der Waals surface area contributed by atoms with E-state index in [0.29, 0.717) is 6.42 Å². The van der Waals surface area contributed by atoms with Crippen molar-refractivity contribution < 1.29 is 4.79 Å². The van der Waals surface area contributed by atoms with E-state index < -0.39 is 0 Å². The number of carbonyl (C=O) groups is 1. The Morgan fingerprint density at radius 3 is 2.62 bits per heavy atom. The fourth-order valence-electron chi connectivity index (χ4n) is 2.62. The van der Waals surface area contributed by atoms with Crippen molar-refractivity contribution in [1.82, 2.24) is 10.9 Å². The second-order valence-electron chi connectivity index (χ2n) is 6.63. The summed E-state index contributed by atoms with van der Waals surface area (Å²) >= 11 is 0. The molecule has 3 nitrogen and oxygen atoms in total. The third kappa shape index (κ3) is 5.62. The van der Waals surface area contributed by atoms with Crippen LogP contribution in [0.3, 0.4) is 0 Å². The third-order valence-electron chi connectivity index (χ3n) is 3.81. The van der Waals surface area contributed by atoms with Crippen LogP contribution in [0.25, 0.3) is 0 Å². The number of carbonyl (C=O) groups excluding carboxylic acids is 1. The summed E-state index contributed by atoms with van der Waals surface area (Å²) in [6.07, 6.45) is 9.35. The first-order valence-electron chi connectivity index (χ1n) is 7.50. The summed E-state index contributed by atoms with van der Waals surface area (Å²) in [6.45, 7) is 14.3. The maximum atomic E-state index is 12.2. The van der Waals surface area contributed by atoms with Gasteiger partial charge in [0.25, 0.3) is 0 Å². The van der Waals surface area contributed by atoms with Crippen LogP contribution < -0.4 is 10.9 Å². The van der Waals surface area contributed by atoms with Gasteiger partial charge in [-0.25, -0.2) is 0 Å². The van der Waals surface area contributed by atoms with E-state index in [1.165, 1.54) is 5.57 Å². The zero-order valence-electron chi connectivity index (χ0n) is 13.9. The van der Waals surface area contributed by atoms with Crippen molar-refractivity contribution in [3.05, 3.63) is 47.9 Å². The van der Waals surface area contributed by atoms with Crippen LogP contribution >= 0.6 is 0 Å². The summed E-state index contributed by atoms with van der Waals surface area (Å²) in [5.41, 5.74) is 8.87. The molecule has 3 heteroatoms. The Kier molecular flexibility index (Phi) is 6.01. The summed E-state index contributed by atoms with van der Waals surface area (Å²) in [6, 6.07) is 0. The van der Waals surface area contributed by atoms with Gasteiger partial charge >= 0.3 is 0 Å². The number of hydrazine groups is 1. The van der Waals surface area contributed by atoms with Crippen LogP contribution in [0, 0.1) is 11.3 Å². The zero-order chi connectivity index (χ0) is 16.0. The van der Waals surface area contributed by atoms with Crippen molar-refractivity contribution >= 4 is 5.78 Å². The van der Waals surface area contributed by atoms with E-state index in [-0.39, 0.29) is 17.1 Å². The molecule has 1 aliphatic carbocycles. The largest absolute Gasteiger partial charge is 0.308 e. The van der Waals surface area contributed by atoms with Gasteiger partial charge in [-0.05, 0) is 37.7 Å². The van der Waals surface area contributed by atoms with Crippen LogP contribution in [0.2, 0.25) is 0 Å². The molecule has 0 bridgehead atoms. The molecule has 1 rings (SSSR count). The molecule has 0 saturated heterocycles. The van der Waals surface area contributed by atoms with Gasteiger partial charge in [0.15, 0.2) is 5.78 Å². The number of hydrogen-bond donors (Lipinski definition) is 2. The molecule has 1 unspecified atom stereocenters. The molecule has 1 saturated carbocycles. The van der Waals surface area contributed by atoms with Crippen LogP contribution in [0.4, 0.5) is 0 Å². The predicted molar refractivity (Wildman–Crippen MR) is 89.3 cm³/mol. The van der Waals surface area contributed by atoms with E-state index in [1.54, 1.807) is 6.20 Å². The van der Waals surface area contributed by atoms with Crippen molar-refractivity contribution in [2.75, 3.05) is 0 Å². The highest BCUT2D eigenvalue weighted by atomic mass is 16.1. The predicted octanol–water partition coefficient (Wildman–Crippen LogP) is 4.03. The Morgan fingerprint density at radius 1 is 1.38 bits per heavy atom. The first-order valence-corrected chi connectivity index (χ1v) is 7.50. The van der Waals surface area contributed by atoms with Gasteiger partial charge in [0.05, 0.1) is 0 Å². The average Bonchev–Trinajstić information content (AvgIpc) is 2.37. The maximum Gasteiger partial charge on any atom is 0.161 e. The topological polar surface area (TPSA) is 41.1 Å². The Morgan fingerprint density at radius 2 is 2.05 bits per heavy atom. The Bertz CT molecular complexity index is 495. The van der Waals surface area contributed by atoms with Gasteiger partial charge in [-0.1, -0.05) is 45.1 Å². The van der Waals surface area contributed by atoms with Gasteiger partial charge in [0.1, 0.15) is 0 Å². The summed E-state index contributed by atoms with van der Waals surface area (Å²) in [5.74, 6) is 0.517. The molecule has 0 heterocycles. The first kappa shape index (κ1) is 17.3. The minimum absolute atomic E-state index is 0.109. The molecule has 0 aromatic rings. The Hall–Kier alpha value is -1.77. The van der Waals surface area contributed by atoms with Crippen molar-refractivity contribution in [2.45, 2.75) is 47.5 Å². The molecule has 0 aromatic heterocycles. The fourth-order valence-corrected chi connectivity index (χ4v) is 2.62. The lowest BCUT2D eigenvalue weighted by atomic mass is 9.70. The molecule has 1 atom stereocenters. The van der Waals surface area contributed by atoms with Gasteiger partial charge in [-0.15, -0.1) is 0 Å². The van der Waals surface area contributed by atoms with Gasteiger partial charge < -0.3 is 10.9 Å². The molecule has 0 spiro atoms. The lowest BCUT2D eigenvalue weighted by Gasteiger charge is -2.34. The number of nitrogens with one attached hydrogen (secondary N) is 2. The summed E-state index contributed by atoms with van der Waals surface area (Å²) in [7, 11) is 0. The van der Waals surface area contributed by atoms with Crippen LogP contribution in [-0.2, 0) is 4.79 Å². The summed E-state index contributed by atoms with van der Waals surface area (Å²) in [4.78, 5) is 12.2. The van der Waals surface area contributed by atoms with Crippen molar-refractivity contribution in [1.29, 1.82) is 0 Å². The maximum absolute atomic E-state index is 12.2. The monoisotopic (exact) mass is 288 g/mol. The van der Waals surface area contributed by atoms with Crippen LogP contribution in [0.5, 0.6) is 0 Å². The summed E-state index contributed by atoms with van der Waals surface area (Å²) < 4.78 is 0. The van der Waals surface area contributed by atoms with E-state index in [2.05, 4.69) is 38.2 Å². The van der Waals surface area contributed by atoms with Gasteiger partial charge in [0.2, 0.25) is 0 Å². The lowest BCUT2D eigenvalue weighted by molar-refractivity contribution is -0.119. The van der Waals surface area contributed by atoms with E-state index >= 15 is 0 Å². The molecule has 0 radical (unpaired) electrons. The quantitative estimate of drug-likeness (QED) is 0.456. The molecule has 0 aromatic carbocycles. The standard InChI is InChI=1S/C18H28N2O/c1-7-13(2)8-9-15(4)20-19-12-16-14(3)10-18(5,6)11-17(16)21/h7-9,12,14,19-20H,4,10-11H2,1-3,5-6H3/b9-8-,13-7-,16-12-. The first-order chi connectivity index (χ1) is 9.75. The van der Waals surface area contributed by atoms with Crippen molar-refractivity contribution in [2.24, 2.45) is 11.3 Å². The number of allylic oxidation sites excluding steroid dienone is 5. The van der Waals surface area contributed by atoms with Gasteiger partial charge in [-0.3, -0.25) is 4.79 Å². The third-order valence-corrected chi connectivity index (χ3v) is 3.81. The highest BCUT2D eigenvalue weighted by Gasteiger charge is 2.34. The van der Waals surface area contributed by atoms with Gasteiger partial charge in [0, 0.05) is 23.9 Å². The van der Waals surface area contributed by atoms with Crippen LogP contribution in [0.15, 0.2) is 47.9 Å². The zero-order valence-corrected chi connectivity index (χ0v) is 13.9. The van der Waals surface area contributed by atoms with E-state index in [4.69, 9.17) is 0 Å². The molecule has 116 valence electrons. The second kappa shape index (κ2) is 7.30. The SMILES string of the molecule is C=C(/C=C\C(C)=C/C)NN/C=C1\C(=O)CC(C)(C)CC1C. The van der Waals surface area contributed by atoms with Gasteiger partial charge in [-0.2, -0.15) is 0 Å².